The van der Waals surface area contributed by atoms with Crippen molar-refractivity contribution >= 4 is 39.2 Å². The number of benzene rings is 1. The molecule has 0 radical (unpaired) electrons. The smallest absolute Gasteiger partial charge is 0.267 e. The Hall–Kier alpha value is -2.12. The van der Waals surface area contributed by atoms with Crippen LogP contribution in [0.3, 0.4) is 0 Å². The van der Waals surface area contributed by atoms with Crippen LogP contribution in [0, 0.1) is 0 Å². The number of piperidine rings is 1. The lowest BCUT2D eigenvalue weighted by Gasteiger charge is -2.29. The van der Waals surface area contributed by atoms with Crippen LogP contribution in [-0.4, -0.2) is 38.7 Å². The summed E-state index contributed by atoms with van der Waals surface area (Å²) in [5, 5.41) is 2.77. The number of amides is 1. The standard InChI is InChI=1S/C20H21N3O2S2/c1-14(18(24)22-11-6-3-7-12-22)27-20-21-17-16(10-13-26-17)19(25)23(20)15-8-4-2-5-9-15/h2,4-5,8-10,13-14H,3,6-7,11-12H2,1H3/t14-/m0/s1. The monoisotopic (exact) mass is 399 g/mol. The van der Waals surface area contributed by atoms with Gasteiger partial charge in [0, 0.05) is 13.1 Å². The maximum absolute atomic E-state index is 13.1. The molecule has 1 aliphatic heterocycles. The van der Waals surface area contributed by atoms with Crippen LogP contribution >= 0.6 is 23.1 Å². The Labute approximate surface area is 166 Å². The topological polar surface area (TPSA) is 55.2 Å². The zero-order valence-electron chi connectivity index (χ0n) is 15.1. The van der Waals surface area contributed by atoms with E-state index in [-0.39, 0.29) is 16.7 Å². The van der Waals surface area contributed by atoms with E-state index in [9.17, 15) is 9.59 Å². The molecule has 0 saturated carbocycles. The Morgan fingerprint density at radius 1 is 1.15 bits per heavy atom. The van der Waals surface area contributed by atoms with Gasteiger partial charge in [0.05, 0.1) is 16.3 Å². The first kappa shape index (κ1) is 18.3. The summed E-state index contributed by atoms with van der Waals surface area (Å²) in [4.78, 5) is 33.3. The van der Waals surface area contributed by atoms with Crippen molar-refractivity contribution in [2.75, 3.05) is 13.1 Å². The van der Waals surface area contributed by atoms with Crippen LogP contribution in [0.4, 0.5) is 0 Å². The van der Waals surface area contributed by atoms with Gasteiger partial charge >= 0.3 is 0 Å². The number of carbonyl (C=O) groups excluding carboxylic acids is 1. The summed E-state index contributed by atoms with van der Waals surface area (Å²) in [6.07, 6.45) is 3.32. The van der Waals surface area contributed by atoms with Gasteiger partial charge in [0.25, 0.3) is 5.56 Å². The summed E-state index contributed by atoms with van der Waals surface area (Å²) in [6.45, 7) is 3.56. The Balaban J connectivity index is 1.72. The van der Waals surface area contributed by atoms with E-state index in [1.807, 2.05) is 53.6 Å². The van der Waals surface area contributed by atoms with E-state index in [0.717, 1.165) is 31.6 Å². The fourth-order valence-electron chi connectivity index (χ4n) is 3.36. The summed E-state index contributed by atoms with van der Waals surface area (Å²) in [5.41, 5.74) is 0.677. The fraction of sp³-hybridized carbons (Fsp3) is 0.350. The van der Waals surface area contributed by atoms with Gasteiger partial charge in [-0.05, 0) is 49.8 Å². The lowest BCUT2D eigenvalue weighted by Crippen LogP contribution is -2.40. The second kappa shape index (κ2) is 7.86. The highest BCUT2D eigenvalue weighted by Gasteiger charge is 2.25. The molecule has 0 spiro atoms. The third kappa shape index (κ3) is 3.66. The first-order valence-corrected chi connectivity index (χ1v) is 10.9. The SMILES string of the molecule is C[C@H](Sc1nc2sccc2c(=O)n1-c1ccccc1)C(=O)N1CCCCC1. The van der Waals surface area contributed by atoms with Crippen molar-refractivity contribution in [2.45, 2.75) is 36.6 Å². The van der Waals surface area contributed by atoms with Crippen LogP contribution in [-0.2, 0) is 4.79 Å². The number of likely N-dealkylation sites (tertiary alicyclic amines) is 1. The number of rotatable bonds is 4. The van der Waals surface area contributed by atoms with Gasteiger partial charge < -0.3 is 4.90 Å². The molecule has 4 rings (SSSR count). The highest BCUT2D eigenvalue weighted by molar-refractivity contribution is 8.00. The second-order valence-electron chi connectivity index (χ2n) is 6.66. The molecule has 3 aromatic rings. The number of carbonyl (C=O) groups is 1. The predicted molar refractivity (Wildman–Crippen MR) is 111 cm³/mol. The normalized spacial score (nSPS) is 15.8. The molecule has 27 heavy (non-hydrogen) atoms. The van der Waals surface area contributed by atoms with E-state index < -0.39 is 0 Å². The minimum absolute atomic E-state index is 0.0902. The molecule has 0 bridgehead atoms. The van der Waals surface area contributed by atoms with E-state index in [2.05, 4.69) is 0 Å². The first-order valence-electron chi connectivity index (χ1n) is 9.16. The van der Waals surface area contributed by atoms with E-state index in [1.165, 1.54) is 29.5 Å². The molecule has 1 atom stereocenters. The lowest BCUT2D eigenvalue weighted by atomic mass is 10.1. The molecule has 0 N–H and O–H groups in total. The Bertz CT molecular complexity index is 1010. The molecule has 1 amide bonds. The minimum atomic E-state index is -0.289. The van der Waals surface area contributed by atoms with Gasteiger partial charge in [0.15, 0.2) is 5.16 Å². The molecule has 0 aliphatic carbocycles. The predicted octanol–water partition coefficient (Wildman–Crippen LogP) is 3.94. The summed E-state index contributed by atoms with van der Waals surface area (Å²) >= 11 is 2.82. The number of para-hydroxylation sites is 1. The van der Waals surface area contributed by atoms with Crippen LogP contribution in [0.25, 0.3) is 15.9 Å². The first-order chi connectivity index (χ1) is 13.1. The molecule has 2 aromatic heterocycles. The molecular formula is C20H21N3O2S2. The summed E-state index contributed by atoms with van der Waals surface area (Å²) < 4.78 is 1.62. The molecule has 7 heteroatoms. The maximum atomic E-state index is 13.1. The number of hydrogen-bond acceptors (Lipinski definition) is 5. The van der Waals surface area contributed by atoms with E-state index in [1.54, 1.807) is 4.57 Å². The van der Waals surface area contributed by atoms with Gasteiger partial charge in [-0.25, -0.2) is 4.98 Å². The van der Waals surface area contributed by atoms with Crippen LogP contribution < -0.4 is 5.56 Å². The largest absolute Gasteiger partial charge is 0.342 e. The van der Waals surface area contributed by atoms with Crippen molar-refractivity contribution in [3.8, 4) is 5.69 Å². The zero-order chi connectivity index (χ0) is 18.8. The second-order valence-corrected chi connectivity index (χ2v) is 8.86. The number of thioether (sulfide) groups is 1. The van der Waals surface area contributed by atoms with Crippen molar-refractivity contribution in [2.24, 2.45) is 0 Å². The third-order valence-electron chi connectivity index (χ3n) is 4.78. The Kier molecular flexibility index (Phi) is 5.31. The average Bonchev–Trinajstić information content (AvgIpc) is 3.18. The van der Waals surface area contributed by atoms with Crippen molar-refractivity contribution in [1.29, 1.82) is 0 Å². The highest BCUT2D eigenvalue weighted by Crippen LogP contribution is 2.28. The molecular weight excluding hydrogens is 378 g/mol. The van der Waals surface area contributed by atoms with Crippen LogP contribution in [0.5, 0.6) is 0 Å². The van der Waals surface area contributed by atoms with Gasteiger partial charge in [0.1, 0.15) is 4.83 Å². The van der Waals surface area contributed by atoms with Crippen molar-refractivity contribution in [3.05, 3.63) is 52.1 Å². The van der Waals surface area contributed by atoms with Gasteiger partial charge in [-0.1, -0.05) is 30.0 Å². The van der Waals surface area contributed by atoms with Crippen molar-refractivity contribution < 1.29 is 4.79 Å². The molecule has 0 unspecified atom stereocenters. The number of hydrogen-bond donors (Lipinski definition) is 0. The van der Waals surface area contributed by atoms with Crippen molar-refractivity contribution in [3.63, 3.8) is 0 Å². The highest BCUT2D eigenvalue weighted by atomic mass is 32.2. The van der Waals surface area contributed by atoms with Gasteiger partial charge in [-0.3, -0.25) is 14.2 Å². The molecule has 140 valence electrons. The lowest BCUT2D eigenvalue weighted by molar-refractivity contribution is -0.131. The van der Waals surface area contributed by atoms with Crippen LogP contribution in [0.15, 0.2) is 51.7 Å². The van der Waals surface area contributed by atoms with Gasteiger partial charge in [-0.15, -0.1) is 11.3 Å². The average molecular weight is 400 g/mol. The quantitative estimate of drug-likeness (QED) is 0.493. The van der Waals surface area contributed by atoms with Crippen LogP contribution in [0.1, 0.15) is 26.2 Å². The van der Waals surface area contributed by atoms with E-state index in [0.29, 0.717) is 15.4 Å². The third-order valence-corrected chi connectivity index (χ3v) is 6.63. The van der Waals surface area contributed by atoms with Gasteiger partial charge in [-0.2, -0.15) is 0 Å². The molecule has 1 aliphatic rings. The molecule has 1 fully saturated rings. The summed E-state index contributed by atoms with van der Waals surface area (Å²) in [6, 6.07) is 11.3. The molecule has 3 heterocycles. The zero-order valence-corrected chi connectivity index (χ0v) is 16.8. The molecule has 5 nitrogen and oxygen atoms in total. The Morgan fingerprint density at radius 3 is 2.63 bits per heavy atom. The number of aromatic nitrogens is 2. The Morgan fingerprint density at radius 2 is 1.89 bits per heavy atom. The fourth-order valence-corrected chi connectivity index (χ4v) is 5.17. The number of fused-ring (bicyclic) bond motifs is 1. The van der Waals surface area contributed by atoms with E-state index >= 15 is 0 Å². The molecule has 1 aromatic carbocycles. The number of nitrogens with zero attached hydrogens (tertiary/aromatic N) is 3. The maximum Gasteiger partial charge on any atom is 0.267 e. The number of thiophene rings is 1. The van der Waals surface area contributed by atoms with Crippen molar-refractivity contribution in [1.82, 2.24) is 14.5 Å². The van der Waals surface area contributed by atoms with Crippen LogP contribution in [0.2, 0.25) is 0 Å². The van der Waals surface area contributed by atoms with Gasteiger partial charge in [0.2, 0.25) is 5.91 Å². The minimum Gasteiger partial charge on any atom is -0.342 e. The molecule has 1 saturated heterocycles. The summed E-state index contributed by atoms with van der Waals surface area (Å²) in [7, 11) is 0. The van der Waals surface area contributed by atoms with E-state index in [4.69, 9.17) is 4.98 Å². The summed E-state index contributed by atoms with van der Waals surface area (Å²) in [5.74, 6) is 0.125.